The zero-order valence-electron chi connectivity index (χ0n) is 10.1. The number of nitro benzene ring substituents is 1. The molecule has 0 saturated carbocycles. The molecule has 1 aliphatic heterocycles. The van der Waals surface area contributed by atoms with E-state index in [0.29, 0.717) is 24.9 Å². The quantitative estimate of drug-likeness (QED) is 0.471. The lowest BCUT2D eigenvalue weighted by atomic mass is 10.2. The van der Waals surface area contributed by atoms with Gasteiger partial charge < -0.3 is 0 Å². The predicted molar refractivity (Wildman–Crippen MR) is 68.1 cm³/mol. The van der Waals surface area contributed by atoms with Crippen LogP contribution in [0.4, 0.5) is 5.69 Å². The average Bonchev–Trinajstić information content (AvgIpc) is 2.83. The third kappa shape index (κ3) is 3.04. The molecule has 6 nitrogen and oxygen atoms in total. The summed E-state index contributed by atoms with van der Waals surface area (Å²) in [5.41, 5.74) is 0.670. The van der Waals surface area contributed by atoms with Gasteiger partial charge in [-0.05, 0) is 30.2 Å². The number of non-ortho nitro benzene ring substituents is 1. The fourth-order valence-corrected chi connectivity index (χ4v) is 1.85. The van der Waals surface area contributed by atoms with Crippen LogP contribution in [0.5, 0.6) is 0 Å². The predicted octanol–water partition coefficient (Wildman–Crippen LogP) is 1.76. The van der Waals surface area contributed by atoms with Crippen LogP contribution in [0.25, 0.3) is 6.08 Å². The van der Waals surface area contributed by atoms with Gasteiger partial charge in [0.25, 0.3) is 11.6 Å². The minimum absolute atomic E-state index is 0.00167. The number of rotatable bonds is 3. The topological polar surface area (TPSA) is 80.5 Å². The second-order valence-electron chi connectivity index (χ2n) is 4.17. The Morgan fingerprint density at radius 1 is 1.32 bits per heavy atom. The molecular formula is C13H12N2O4. The van der Waals surface area contributed by atoms with E-state index in [9.17, 15) is 19.7 Å². The number of amides is 2. The molecule has 0 unspecified atom stereocenters. The fourth-order valence-electron chi connectivity index (χ4n) is 1.85. The van der Waals surface area contributed by atoms with E-state index in [1.54, 1.807) is 12.1 Å². The Balaban J connectivity index is 2.04. The first-order valence-corrected chi connectivity index (χ1v) is 5.85. The molecule has 0 aliphatic carbocycles. The number of carbonyl (C=O) groups is 2. The van der Waals surface area contributed by atoms with E-state index >= 15 is 0 Å². The van der Waals surface area contributed by atoms with E-state index in [1.165, 1.54) is 29.2 Å². The van der Waals surface area contributed by atoms with Crippen LogP contribution in [0.1, 0.15) is 18.4 Å². The van der Waals surface area contributed by atoms with Gasteiger partial charge in [0.1, 0.15) is 0 Å². The maximum Gasteiger partial charge on any atom is 0.269 e. The zero-order valence-corrected chi connectivity index (χ0v) is 10.1. The third-order valence-corrected chi connectivity index (χ3v) is 2.86. The highest BCUT2D eigenvalue weighted by atomic mass is 16.6. The van der Waals surface area contributed by atoms with Crippen molar-refractivity contribution < 1.29 is 14.5 Å². The van der Waals surface area contributed by atoms with Gasteiger partial charge in [-0.1, -0.05) is 0 Å². The molecule has 1 aromatic carbocycles. The van der Waals surface area contributed by atoms with E-state index < -0.39 is 4.92 Å². The van der Waals surface area contributed by atoms with E-state index in [1.807, 2.05) is 0 Å². The molecule has 19 heavy (non-hydrogen) atoms. The van der Waals surface area contributed by atoms with Crippen LogP contribution in [0.3, 0.4) is 0 Å². The summed E-state index contributed by atoms with van der Waals surface area (Å²) in [6.45, 7) is 0.461. The molecule has 98 valence electrons. The molecular weight excluding hydrogens is 248 g/mol. The van der Waals surface area contributed by atoms with Crippen molar-refractivity contribution in [3.8, 4) is 0 Å². The van der Waals surface area contributed by atoms with Gasteiger partial charge in [0.2, 0.25) is 5.91 Å². The minimum atomic E-state index is -0.485. The Morgan fingerprint density at radius 2 is 2.00 bits per heavy atom. The highest BCUT2D eigenvalue weighted by molar-refractivity contribution is 6.03. The van der Waals surface area contributed by atoms with Crippen LogP contribution in [0.2, 0.25) is 0 Å². The molecule has 2 rings (SSSR count). The fraction of sp³-hybridized carbons (Fsp3) is 0.231. The lowest BCUT2D eigenvalue weighted by Gasteiger charge is -2.09. The molecule has 1 heterocycles. The lowest BCUT2D eigenvalue weighted by molar-refractivity contribution is -0.384. The van der Waals surface area contributed by atoms with Crippen LogP contribution in [0, 0.1) is 10.1 Å². The molecule has 0 spiro atoms. The van der Waals surface area contributed by atoms with Gasteiger partial charge in [0, 0.05) is 31.2 Å². The lowest BCUT2D eigenvalue weighted by Crippen LogP contribution is -2.30. The first-order valence-electron chi connectivity index (χ1n) is 5.85. The summed E-state index contributed by atoms with van der Waals surface area (Å²) >= 11 is 0. The van der Waals surface area contributed by atoms with Crippen LogP contribution in [-0.4, -0.2) is 28.2 Å². The van der Waals surface area contributed by atoms with Crippen LogP contribution >= 0.6 is 0 Å². The van der Waals surface area contributed by atoms with Gasteiger partial charge in [-0.2, -0.15) is 0 Å². The van der Waals surface area contributed by atoms with Crippen molar-refractivity contribution in [3.05, 3.63) is 46.0 Å². The molecule has 1 aromatic rings. The minimum Gasteiger partial charge on any atom is -0.279 e. The summed E-state index contributed by atoms with van der Waals surface area (Å²) in [7, 11) is 0. The van der Waals surface area contributed by atoms with Crippen LogP contribution in [0.15, 0.2) is 30.3 Å². The molecule has 0 atom stereocenters. The monoisotopic (exact) mass is 260 g/mol. The van der Waals surface area contributed by atoms with Crippen molar-refractivity contribution in [2.24, 2.45) is 0 Å². The Hall–Kier alpha value is -2.50. The Kier molecular flexibility index (Phi) is 3.70. The number of carbonyl (C=O) groups excluding carboxylic acids is 2. The van der Waals surface area contributed by atoms with Crippen LogP contribution in [-0.2, 0) is 9.59 Å². The first-order chi connectivity index (χ1) is 9.08. The molecule has 0 radical (unpaired) electrons. The summed E-state index contributed by atoms with van der Waals surface area (Å²) < 4.78 is 0. The maximum absolute atomic E-state index is 11.7. The number of benzene rings is 1. The van der Waals surface area contributed by atoms with Gasteiger partial charge in [-0.3, -0.25) is 24.6 Å². The highest BCUT2D eigenvalue weighted by Crippen LogP contribution is 2.14. The zero-order chi connectivity index (χ0) is 13.8. The molecule has 0 N–H and O–H groups in total. The molecule has 0 bridgehead atoms. The van der Waals surface area contributed by atoms with Crippen molar-refractivity contribution in [1.29, 1.82) is 0 Å². The second kappa shape index (κ2) is 5.43. The maximum atomic E-state index is 11.7. The van der Waals surface area contributed by atoms with Crippen molar-refractivity contribution >= 4 is 23.6 Å². The van der Waals surface area contributed by atoms with E-state index in [-0.39, 0.29) is 17.5 Å². The highest BCUT2D eigenvalue weighted by Gasteiger charge is 2.24. The molecule has 0 aromatic heterocycles. The largest absolute Gasteiger partial charge is 0.279 e. The smallest absolute Gasteiger partial charge is 0.269 e. The Bertz CT molecular complexity index is 548. The molecule has 1 aliphatic rings. The standard InChI is InChI=1S/C13H12N2O4/c16-12-2-1-9-14(12)13(17)8-5-10-3-6-11(7-4-10)15(18)19/h3-8H,1-2,9H2/b8-5+. The summed E-state index contributed by atoms with van der Waals surface area (Å²) in [6.07, 6.45) is 3.97. The SMILES string of the molecule is O=C(/C=C/c1ccc([N+](=O)[O-])cc1)N1CCCC1=O. The van der Waals surface area contributed by atoms with Crippen molar-refractivity contribution in [1.82, 2.24) is 4.90 Å². The van der Waals surface area contributed by atoms with Crippen molar-refractivity contribution in [3.63, 3.8) is 0 Å². The van der Waals surface area contributed by atoms with E-state index in [4.69, 9.17) is 0 Å². The normalized spacial score (nSPS) is 15.2. The molecule has 1 saturated heterocycles. The number of likely N-dealkylation sites (tertiary alicyclic amines) is 1. The third-order valence-electron chi connectivity index (χ3n) is 2.86. The van der Waals surface area contributed by atoms with Crippen molar-refractivity contribution in [2.45, 2.75) is 12.8 Å². The van der Waals surface area contributed by atoms with E-state index in [2.05, 4.69) is 0 Å². The van der Waals surface area contributed by atoms with Gasteiger partial charge >= 0.3 is 0 Å². The van der Waals surface area contributed by atoms with Crippen molar-refractivity contribution in [2.75, 3.05) is 6.54 Å². The Morgan fingerprint density at radius 3 is 2.53 bits per heavy atom. The Labute approximate surface area is 109 Å². The summed E-state index contributed by atoms with van der Waals surface area (Å²) in [5.74, 6) is -0.501. The first kappa shape index (κ1) is 12.9. The number of hydrogen-bond donors (Lipinski definition) is 0. The summed E-state index contributed by atoms with van der Waals surface area (Å²) in [4.78, 5) is 34.3. The van der Waals surface area contributed by atoms with Crippen LogP contribution < -0.4 is 0 Å². The number of imide groups is 1. The number of nitrogens with zero attached hydrogens (tertiary/aromatic N) is 2. The van der Waals surface area contributed by atoms with Gasteiger partial charge in [0.15, 0.2) is 0 Å². The van der Waals surface area contributed by atoms with Gasteiger partial charge in [0.05, 0.1) is 4.92 Å². The second-order valence-corrected chi connectivity index (χ2v) is 4.17. The van der Waals surface area contributed by atoms with E-state index in [0.717, 1.165) is 0 Å². The van der Waals surface area contributed by atoms with Gasteiger partial charge in [-0.25, -0.2) is 0 Å². The number of hydrogen-bond acceptors (Lipinski definition) is 4. The number of nitro groups is 1. The summed E-state index contributed by atoms with van der Waals surface area (Å²) in [6, 6.07) is 5.83. The summed E-state index contributed by atoms with van der Waals surface area (Å²) in [5, 5.41) is 10.5. The molecule has 6 heteroatoms. The van der Waals surface area contributed by atoms with Gasteiger partial charge in [-0.15, -0.1) is 0 Å². The molecule has 1 fully saturated rings. The average molecular weight is 260 g/mol. The molecule has 2 amide bonds.